The summed E-state index contributed by atoms with van der Waals surface area (Å²) in [6.07, 6.45) is 0. The Bertz CT molecular complexity index is 66.8. The van der Waals surface area contributed by atoms with Crippen LogP contribution in [0, 0.1) is 0 Å². The molecule has 0 aromatic heterocycles. The van der Waals surface area contributed by atoms with Crippen molar-refractivity contribution in [2.24, 2.45) is 17.2 Å². The van der Waals surface area contributed by atoms with Gasteiger partial charge in [0.25, 0.3) is 0 Å². The molecule has 0 aromatic rings. The summed E-state index contributed by atoms with van der Waals surface area (Å²) < 4.78 is 0. The van der Waals surface area contributed by atoms with E-state index in [-0.39, 0.29) is 11.7 Å². The van der Waals surface area contributed by atoms with Crippen molar-refractivity contribution in [1.82, 2.24) is 0 Å². The molecule has 1 amide bonds. The van der Waals surface area contributed by atoms with Crippen molar-refractivity contribution >= 4 is 18.5 Å². The molecule has 6 N–H and O–H groups in total. The van der Waals surface area contributed by atoms with E-state index in [9.17, 15) is 4.79 Å². The van der Waals surface area contributed by atoms with E-state index in [1.165, 1.54) is 0 Å². The molecule has 0 unspecified atom stereocenters. The van der Waals surface area contributed by atoms with Gasteiger partial charge in [0.2, 0.25) is 5.91 Å². The molecule has 0 rings (SSSR count). The van der Waals surface area contributed by atoms with E-state index in [2.05, 4.69) is 18.4 Å². The zero-order valence-electron chi connectivity index (χ0n) is 5.21. The number of rotatable bonds is 2. The zero-order chi connectivity index (χ0) is 7.70. The first-order valence-electron chi connectivity index (χ1n) is 2.48. The minimum Gasteiger partial charge on any atom is -0.369 e. The predicted molar refractivity (Wildman–Crippen MR) is 41.2 cm³/mol. The van der Waals surface area contributed by atoms with Crippen LogP contribution in [0.1, 0.15) is 0 Å². The van der Waals surface area contributed by atoms with Crippen molar-refractivity contribution < 1.29 is 4.79 Å². The molecule has 0 atom stereocenters. The number of carbonyl (C=O) groups excluding carboxylic acids is 1. The van der Waals surface area contributed by atoms with Crippen molar-refractivity contribution in [2.45, 2.75) is 0 Å². The largest absolute Gasteiger partial charge is 0.369 e. The van der Waals surface area contributed by atoms with Gasteiger partial charge in [-0.2, -0.15) is 12.6 Å². The predicted octanol–water partition coefficient (Wildman–Crippen LogP) is -1.69. The Balaban J connectivity index is 0. The number of carbonyl (C=O) groups is 1. The summed E-state index contributed by atoms with van der Waals surface area (Å²) >= 11 is 3.54. The van der Waals surface area contributed by atoms with Crippen molar-refractivity contribution in [3.8, 4) is 0 Å². The highest BCUT2D eigenvalue weighted by atomic mass is 32.1. The Hall–Kier alpha value is -0.260. The third-order valence-corrected chi connectivity index (χ3v) is 0.634. The van der Waals surface area contributed by atoms with E-state index < -0.39 is 0 Å². The van der Waals surface area contributed by atoms with Gasteiger partial charge < -0.3 is 17.2 Å². The number of amides is 1. The van der Waals surface area contributed by atoms with Crippen LogP contribution in [0.4, 0.5) is 0 Å². The lowest BCUT2D eigenvalue weighted by Gasteiger charge is -1.72. The molecule has 0 fully saturated rings. The third kappa shape index (κ3) is 34.0. The maximum Gasteiger partial charge on any atom is 0.227 e. The molecule has 0 saturated heterocycles. The van der Waals surface area contributed by atoms with Crippen LogP contribution in [0.3, 0.4) is 0 Å². The minimum atomic E-state index is -0.381. The lowest BCUT2D eigenvalue weighted by molar-refractivity contribution is -0.115. The first-order valence-corrected chi connectivity index (χ1v) is 3.11. The van der Waals surface area contributed by atoms with Gasteiger partial charge in [0.15, 0.2) is 0 Å². The highest BCUT2D eigenvalue weighted by Crippen LogP contribution is 1.63. The SMILES string of the molecule is NC(=O)CS.NCCN. The highest BCUT2D eigenvalue weighted by Gasteiger charge is 1.78. The normalized spacial score (nSPS) is 7.44. The number of hydrogen-bond acceptors (Lipinski definition) is 4. The van der Waals surface area contributed by atoms with Crippen LogP contribution < -0.4 is 17.2 Å². The van der Waals surface area contributed by atoms with Crippen LogP contribution in [0.2, 0.25) is 0 Å². The van der Waals surface area contributed by atoms with Crippen molar-refractivity contribution in [1.29, 1.82) is 0 Å². The van der Waals surface area contributed by atoms with Crippen LogP contribution in [0.25, 0.3) is 0 Å². The molecule has 5 heteroatoms. The van der Waals surface area contributed by atoms with Crippen molar-refractivity contribution in [2.75, 3.05) is 18.8 Å². The van der Waals surface area contributed by atoms with Crippen LogP contribution in [-0.2, 0) is 4.79 Å². The summed E-state index contributed by atoms with van der Waals surface area (Å²) in [7, 11) is 0. The quantitative estimate of drug-likeness (QED) is 0.354. The lowest BCUT2D eigenvalue weighted by Crippen LogP contribution is -2.11. The summed E-state index contributed by atoms with van der Waals surface area (Å²) in [5.74, 6) is -0.242. The smallest absolute Gasteiger partial charge is 0.227 e. The van der Waals surface area contributed by atoms with E-state index in [0.29, 0.717) is 13.1 Å². The molecular weight excluding hydrogens is 138 g/mol. The van der Waals surface area contributed by atoms with Crippen LogP contribution in [-0.4, -0.2) is 24.7 Å². The van der Waals surface area contributed by atoms with Gasteiger partial charge in [-0.3, -0.25) is 4.79 Å². The summed E-state index contributed by atoms with van der Waals surface area (Å²) in [6, 6.07) is 0. The zero-order valence-corrected chi connectivity index (χ0v) is 6.10. The number of hydrogen-bond donors (Lipinski definition) is 4. The second kappa shape index (κ2) is 10.7. The van der Waals surface area contributed by atoms with Gasteiger partial charge in [-0.15, -0.1) is 0 Å². The van der Waals surface area contributed by atoms with Gasteiger partial charge in [0.1, 0.15) is 0 Å². The molecule has 9 heavy (non-hydrogen) atoms. The average molecular weight is 151 g/mol. The first kappa shape index (κ1) is 11.5. The van der Waals surface area contributed by atoms with Crippen molar-refractivity contribution in [3.05, 3.63) is 0 Å². The Labute approximate surface area is 60.2 Å². The van der Waals surface area contributed by atoms with E-state index in [1.54, 1.807) is 0 Å². The molecule has 0 radical (unpaired) electrons. The second-order valence-corrected chi connectivity index (χ2v) is 1.52. The number of thiol groups is 1. The Morgan fingerprint density at radius 3 is 1.56 bits per heavy atom. The third-order valence-electron chi connectivity index (χ3n) is 0.323. The summed E-state index contributed by atoms with van der Waals surface area (Å²) in [5, 5.41) is 0. The molecule has 4 nitrogen and oxygen atoms in total. The Morgan fingerprint density at radius 1 is 1.33 bits per heavy atom. The summed E-state index contributed by atoms with van der Waals surface area (Å²) in [4.78, 5) is 9.51. The molecule has 0 aliphatic rings. The van der Waals surface area contributed by atoms with E-state index >= 15 is 0 Å². The maximum absolute atomic E-state index is 9.51. The molecule has 0 spiro atoms. The Kier molecular flexibility index (Phi) is 13.7. The van der Waals surface area contributed by atoms with Gasteiger partial charge in [-0.1, -0.05) is 0 Å². The molecular formula is C4H13N3OS. The molecule has 0 aromatic carbocycles. The van der Waals surface area contributed by atoms with Gasteiger partial charge in [-0.05, 0) is 0 Å². The summed E-state index contributed by atoms with van der Waals surface area (Å²) in [5.41, 5.74) is 14.4. The molecule has 0 heterocycles. The first-order chi connectivity index (χ1) is 4.18. The van der Waals surface area contributed by atoms with Crippen molar-refractivity contribution in [3.63, 3.8) is 0 Å². The fourth-order valence-corrected chi connectivity index (χ4v) is 0. The molecule has 0 aliphatic heterocycles. The van der Waals surface area contributed by atoms with Gasteiger partial charge in [0, 0.05) is 13.1 Å². The molecule has 0 saturated carbocycles. The average Bonchev–Trinajstić information content (AvgIpc) is 1.89. The van der Waals surface area contributed by atoms with Crippen LogP contribution in [0.15, 0.2) is 0 Å². The lowest BCUT2D eigenvalue weighted by atomic mass is 10.7. The summed E-state index contributed by atoms with van der Waals surface area (Å²) in [6.45, 7) is 1.19. The van der Waals surface area contributed by atoms with Gasteiger partial charge >= 0.3 is 0 Å². The van der Waals surface area contributed by atoms with E-state index in [0.717, 1.165) is 0 Å². The minimum absolute atomic E-state index is 0.139. The van der Waals surface area contributed by atoms with E-state index in [4.69, 9.17) is 11.5 Å². The highest BCUT2D eigenvalue weighted by molar-refractivity contribution is 7.81. The number of nitrogens with two attached hydrogens (primary N) is 3. The Morgan fingerprint density at radius 2 is 1.56 bits per heavy atom. The standard InChI is InChI=1S/C2H8N2.C2H5NOS/c3-1-2-4;3-2(4)1-5/h1-4H2;5H,1H2,(H2,3,4). The fourth-order valence-electron chi connectivity index (χ4n) is 0. The molecule has 56 valence electrons. The molecule has 0 aliphatic carbocycles. The monoisotopic (exact) mass is 151 g/mol. The number of primary amides is 1. The maximum atomic E-state index is 9.51. The van der Waals surface area contributed by atoms with Gasteiger partial charge in [-0.25, -0.2) is 0 Å². The second-order valence-electron chi connectivity index (χ2n) is 1.20. The molecule has 0 bridgehead atoms. The topological polar surface area (TPSA) is 95.1 Å². The van der Waals surface area contributed by atoms with Crippen LogP contribution in [0.5, 0.6) is 0 Å². The van der Waals surface area contributed by atoms with Gasteiger partial charge in [0.05, 0.1) is 5.75 Å². The van der Waals surface area contributed by atoms with E-state index in [1.807, 2.05) is 0 Å². The van der Waals surface area contributed by atoms with Crippen LogP contribution >= 0.6 is 12.6 Å². The fraction of sp³-hybridized carbons (Fsp3) is 0.750.